The molecule has 0 bridgehead atoms. The Morgan fingerprint density at radius 3 is 2.73 bits per heavy atom. The molecule has 0 aliphatic heterocycles. The van der Waals surface area contributed by atoms with Crippen molar-refractivity contribution < 1.29 is 14.7 Å². The van der Waals surface area contributed by atoms with E-state index in [0.717, 1.165) is 5.82 Å². The van der Waals surface area contributed by atoms with Gasteiger partial charge in [0, 0.05) is 26.1 Å². The van der Waals surface area contributed by atoms with Crippen LogP contribution in [0.25, 0.3) is 0 Å². The van der Waals surface area contributed by atoms with Crippen molar-refractivity contribution >= 4 is 17.7 Å². The maximum atomic E-state index is 11.5. The number of aromatic amines is 1. The van der Waals surface area contributed by atoms with Crippen LogP contribution in [-0.4, -0.2) is 29.0 Å². The van der Waals surface area contributed by atoms with Crippen LogP contribution in [0.1, 0.15) is 19.3 Å². The third kappa shape index (κ3) is 3.46. The van der Waals surface area contributed by atoms with E-state index in [1.165, 1.54) is 4.90 Å². The zero-order chi connectivity index (χ0) is 11.3. The van der Waals surface area contributed by atoms with Crippen molar-refractivity contribution in [2.75, 3.05) is 11.9 Å². The molecule has 0 fully saturated rings. The topological polar surface area (TPSA) is 73.4 Å². The molecule has 0 spiro atoms. The number of hydrogen-bond donors (Lipinski definition) is 2. The van der Waals surface area contributed by atoms with Gasteiger partial charge in [0.1, 0.15) is 5.82 Å². The summed E-state index contributed by atoms with van der Waals surface area (Å²) in [5.41, 5.74) is 0. The fourth-order valence-electron chi connectivity index (χ4n) is 1.22. The minimum absolute atomic E-state index is 0.0320. The first kappa shape index (κ1) is 11.3. The van der Waals surface area contributed by atoms with Crippen molar-refractivity contribution in [3.05, 3.63) is 18.3 Å². The number of nitrogens with zero attached hydrogens (tertiary/aromatic N) is 1. The normalized spacial score (nSPS) is 9.93. The maximum absolute atomic E-state index is 11.5. The SMILES string of the molecule is CN(C(=O)CCCC(=O)O)c1ccc[nH]1. The van der Waals surface area contributed by atoms with Crippen molar-refractivity contribution in [1.29, 1.82) is 0 Å². The van der Waals surface area contributed by atoms with E-state index in [1.54, 1.807) is 25.4 Å². The van der Waals surface area contributed by atoms with Crippen LogP contribution in [0.2, 0.25) is 0 Å². The summed E-state index contributed by atoms with van der Waals surface area (Å²) in [6.45, 7) is 0. The highest BCUT2D eigenvalue weighted by atomic mass is 16.4. The van der Waals surface area contributed by atoms with E-state index < -0.39 is 5.97 Å². The number of H-pyrrole nitrogens is 1. The molecular formula is C10H14N2O3. The number of nitrogens with one attached hydrogen (secondary N) is 1. The highest BCUT2D eigenvalue weighted by Crippen LogP contribution is 2.10. The number of aliphatic carboxylic acids is 1. The Labute approximate surface area is 87.7 Å². The summed E-state index contributed by atoms with van der Waals surface area (Å²) in [5, 5.41) is 8.42. The second-order valence-electron chi connectivity index (χ2n) is 3.26. The number of rotatable bonds is 5. The van der Waals surface area contributed by atoms with Crippen LogP contribution in [0.5, 0.6) is 0 Å². The summed E-state index contributed by atoms with van der Waals surface area (Å²) < 4.78 is 0. The number of carbonyl (C=O) groups excluding carboxylic acids is 1. The van der Waals surface area contributed by atoms with Crippen LogP contribution in [0.4, 0.5) is 5.82 Å². The molecule has 5 nitrogen and oxygen atoms in total. The average molecular weight is 210 g/mol. The van der Waals surface area contributed by atoms with Gasteiger partial charge in [0.2, 0.25) is 5.91 Å². The molecule has 15 heavy (non-hydrogen) atoms. The van der Waals surface area contributed by atoms with Gasteiger partial charge in [-0.05, 0) is 18.6 Å². The van der Waals surface area contributed by atoms with Gasteiger partial charge in [-0.2, -0.15) is 0 Å². The number of carbonyl (C=O) groups is 2. The first-order valence-corrected chi connectivity index (χ1v) is 4.73. The zero-order valence-electron chi connectivity index (χ0n) is 8.56. The van der Waals surface area contributed by atoms with E-state index in [-0.39, 0.29) is 18.7 Å². The molecule has 1 rings (SSSR count). The lowest BCUT2D eigenvalue weighted by atomic mass is 10.2. The van der Waals surface area contributed by atoms with Crippen LogP contribution in [0.15, 0.2) is 18.3 Å². The number of anilines is 1. The van der Waals surface area contributed by atoms with E-state index in [1.807, 2.05) is 0 Å². The van der Waals surface area contributed by atoms with E-state index in [0.29, 0.717) is 6.42 Å². The van der Waals surface area contributed by atoms with Crippen molar-refractivity contribution in [2.24, 2.45) is 0 Å². The summed E-state index contributed by atoms with van der Waals surface area (Å²) in [6, 6.07) is 3.59. The summed E-state index contributed by atoms with van der Waals surface area (Å²) in [4.78, 5) is 26.2. The van der Waals surface area contributed by atoms with Crippen LogP contribution < -0.4 is 4.90 Å². The Kier molecular flexibility index (Phi) is 3.91. The quantitative estimate of drug-likeness (QED) is 0.767. The van der Waals surface area contributed by atoms with Gasteiger partial charge in [0.25, 0.3) is 0 Å². The zero-order valence-corrected chi connectivity index (χ0v) is 8.56. The standard InChI is InChI=1S/C10H14N2O3/c1-12(8-4-3-7-11-8)9(13)5-2-6-10(14)15/h3-4,7,11H,2,5-6H2,1H3,(H,14,15). The Morgan fingerprint density at radius 1 is 1.47 bits per heavy atom. The third-order valence-electron chi connectivity index (χ3n) is 2.10. The third-order valence-corrected chi connectivity index (χ3v) is 2.10. The lowest BCUT2D eigenvalue weighted by Crippen LogP contribution is -2.26. The summed E-state index contributed by atoms with van der Waals surface area (Å²) >= 11 is 0. The summed E-state index contributed by atoms with van der Waals surface area (Å²) in [7, 11) is 1.66. The highest BCUT2D eigenvalue weighted by Gasteiger charge is 2.11. The molecule has 5 heteroatoms. The van der Waals surface area contributed by atoms with Gasteiger partial charge in [0.05, 0.1) is 0 Å². The number of amides is 1. The molecule has 0 aliphatic rings. The van der Waals surface area contributed by atoms with E-state index in [4.69, 9.17) is 5.11 Å². The first-order chi connectivity index (χ1) is 7.11. The predicted molar refractivity (Wildman–Crippen MR) is 55.7 cm³/mol. The maximum Gasteiger partial charge on any atom is 0.303 e. The van der Waals surface area contributed by atoms with Gasteiger partial charge >= 0.3 is 5.97 Å². The molecule has 1 heterocycles. The smallest absolute Gasteiger partial charge is 0.303 e. The van der Waals surface area contributed by atoms with Gasteiger partial charge in [-0.15, -0.1) is 0 Å². The molecule has 0 saturated carbocycles. The lowest BCUT2D eigenvalue weighted by molar-refractivity contribution is -0.137. The molecule has 1 aromatic rings. The molecular weight excluding hydrogens is 196 g/mol. The van der Waals surface area contributed by atoms with Crippen molar-refractivity contribution in [2.45, 2.75) is 19.3 Å². The molecule has 82 valence electrons. The van der Waals surface area contributed by atoms with Gasteiger partial charge in [0.15, 0.2) is 0 Å². The minimum Gasteiger partial charge on any atom is -0.481 e. The Balaban J connectivity index is 2.37. The number of aromatic nitrogens is 1. The van der Waals surface area contributed by atoms with Crippen molar-refractivity contribution in [3.8, 4) is 0 Å². The molecule has 0 atom stereocenters. The molecule has 2 N–H and O–H groups in total. The van der Waals surface area contributed by atoms with Crippen LogP contribution >= 0.6 is 0 Å². The van der Waals surface area contributed by atoms with Gasteiger partial charge in [-0.1, -0.05) is 0 Å². The number of hydrogen-bond acceptors (Lipinski definition) is 2. The minimum atomic E-state index is -0.870. The van der Waals surface area contributed by atoms with Crippen LogP contribution in [-0.2, 0) is 9.59 Å². The largest absolute Gasteiger partial charge is 0.481 e. The first-order valence-electron chi connectivity index (χ1n) is 4.73. The van der Waals surface area contributed by atoms with E-state index in [2.05, 4.69) is 4.98 Å². The Bertz CT molecular complexity index is 332. The molecule has 0 unspecified atom stereocenters. The molecule has 1 aromatic heterocycles. The molecule has 0 aromatic carbocycles. The van der Waals surface area contributed by atoms with Crippen LogP contribution in [0.3, 0.4) is 0 Å². The fraction of sp³-hybridized carbons (Fsp3) is 0.400. The number of carboxylic acid groups (broad SMARTS) is 1. The second kappa shape index (κ2) is 5.19. The van der Waals surface area contributed by atoms with Gasteiger partial charge in [-0.3, -0.25) is 9.59 Å². The van der Waals surface area contributed by atoms with Gasteiger partial charge in [-0.25, -0.2) is 0 Å². The number of carboxylic acids is 1. The summed E-state index contributed by atoms with van der Waals surface area (Å²) in [6.07, 6.45) is 2.39. The highest BCUT2D eigenvalue weighted by molar-refractivity contribution is 5.91. The molecule has 0 aliphatic carbocycles. The predicted octanol–water partition coefficient (Wildman–Crippen LogP) is 1.23. The Hall–Kier alpha value is -1.78. The van der Waals surface area contributed by atoms with E-state index in [9.17, 15) is 9.59 Å². The molecule has 0 radical (unpaired) electrons. The van der Waals surface area contributed by atoms with Crippen LogP contribution in [0, 0.1) is 0 Å². The average Bonchev–Trinajstić information content (AvgIpc) is 2.68. The monoisotopic (exact) mass is 210 g/mol. The summed E-state index contributed by atoms with van der Waals surface area (Å²) in [5.74, 6) is -0.237. The van der Waals surface area contributed by atoms with Crippen molar-refractivity contribution in [3.63, 3.8) is 0 Å². The van der Waals surface area contributed by atoms with Gasteiger partial charge < -0.3 is 15.0 Å². The van der Waals surface area contributed by atoms with Crippen molar-refractivity contribution in [1.82, 2.24) is 4.98 Å². The lowest BCUT2D eigenvalue weighted by Gasteiger charge is -2.14. The molecule has 1 amide bonds. The fourth-order valence-corrected chi connectivity index (χ4v) is 1.22. The Morgan fingerprint density at radius 2 is 2.20 bits per heavy atom. The second-order valence-corrected chi connectivity index (χ2v) is 3.26. The molecule has 0 saturated heterocycles. The van der Waals surface area contributed by atoms with E-state index >= 15 is 0 Å².